The Morgan fingerprint density at radius 3 is 2.58 bits per heavy atom. The molecule has 0 unspecified atom stereocenters. The van der Waals surface area contributed by atoms with Crippen LogP contribution in [-0.2, 0) is 14.6 Å². The van der Waals surface area contributed by atoms with Gasteiger partial charge in [0.2, 0.25) is 15.7 Å². The Bertz CT molecular complexity index is 1180. The Balaban J connectivity index is 1.52. The highest BCUT2D eigenvalue weighted by atomic mass is 32.2. The number of nitrogens with two attached hydrogens (primary N) is 1. The third-order valence-electron chi connectivity index (χ3n) is 6.04. The molecule has 2 aliphatic rings. The first-order valence-electron chi connectivity index (χ1n) is 10.6. The average Bonchev–Trinajstić information content (AvgIpc) is 2.92. The number of amides is 1. The van der Waals surface area contributed by atoms with Gasteiger partial charge in [0, 0.05) is 24.3 Å². The van der Waals surface area contributed by atoms with Crippen molar-refractivity contribution in [2.24, 2.45) is 5.92 Å². The zero-order valence-corrected chi connectivity index (χ0v) is 18.9. The molecule has 1 fully saturated rings. The van der Waals surface area contributed by atoms with Gasteiger partial charge < -0.3 is 20.5 Å². The van der Waals surface area contributed by atoms with E-state index in [9.17, 15) is 18.0 Å². The summed E-state index contributed by atoms with van der Waals surface area (Å²) in [6.45, 7) is 0.290. The Hall–Kier alpha value is -3.28. The summed E-state index contributed by atoms with van der Waals surface area (Å²) in [6, 6.07) is 3.68. The number of carboxylic acids is 1. The first-order chi connectivity index (χ1) is 15.6. The van der Waals surface area contributed by atoms with Crippen LogP contribution in [0.4, 0.5) is 11.5 Å². The molecule has 1 aliphatic heterocycles. The Morgan fingerprint density at radius 1 is 1.24 bits per heavy atom. The maximum absolute atomic E-state index is 13.2. The lowest BCUT2D eigenvalue weighted by Gasteiger charge is -2.27. The van der Waals surface area contributed by atoms with Crippen LogP contribution in [0, 0.1) is 5.92 Å². The molecule has 4 rings (SSSR count). The zero-order chi connectivity index (χ0) is 23.8. The molecule has 1 saturated carbocycles. The van der Waals surface area contributed by atoms with Crippen LogP contribution in [0.15, 0.2) is 23.5 Å². The molecule has 12 heteroatoms. The Morgan fingerprint density at radius 2 is 1.97 bits per heavy atom. The van der Waals surface area contributed by atoms with Crippen molar-refractivity contribution in [1.29, 1.82) is 0 Å². The molecule has 1 aliphatic carbocycles. The van der Waals surface area contributed by atoms with Crippen LogP contribution in [-0.4, -0.2) is 59.8 Å². The minimum Gasteiger partial charge on any atom is -0.481 e. The second kappa shape index (κ2) is 8.93. The molecule has 0 radical (unpaired) electrons. The van der Waals surface area contributed by atoms with Crippen LogP contribution >= 0.6 is 0 Å². The van der Waals surface area contributed by atoms with E-state index in [0.29, 0.717) is 5.69 Å². The maximum atomic E-state index is 13.2. The topological polar surface area (TPSA) is 166 Å². The summed E-state index contributed by atoms with van der Waals surface area (Å²) in [4.78, 5) is 37.8. The largest absolute Gasteiger partial charge is 0.481 e. The van der Waals surface area contributed by atoms with E-state index in [1.165, 1.54) is 4.90 Å². The molecule has 3 heterocycles. The number of anilines is 2. The summed E-state index contributed by atoms with van der Waals surface area (Å²) in [5.74, 6) is -1.20. The van der Waals surface area contributed by atoms with Gasteiger partial charge in [-0.25, -0.2) is 13.4 Å². The smallest absolute Gasteiger partial charge is 0.303 e. The molecule has 33 heavy (non-hydrogen) atoms. The molecule has 2 aromatic rings. The van der Waals surface area contributed by atoms with Gasteiger partial charge in [0.05, 0.1) is 18.4 Å². The predicted octanol–water partition coefficient (Wildman–Crippen LogP) is 1.64. The van der Waals surface area contributed by atoms with Gasteiger partial charge >= 0.3 is 5.97 Å². The highest BCUT2D eigenvalue weighted by Gasteiger charge is 2.31. The number of carbonyl (C=O) groups excluding carboxylic acids is 1. The molecule has 0 bridgehead atoms. The summed E-state index contributed by atoms with van der Waals surface area (Å²) < 4.78 is 29.1. The number of nitrogens with zero attached hydrogens (tertiary/aromatic N) is 4. The third-order valence-corrected chi connectivity index (χ3v) is 6.88. The summed E-state index contributed by atoms with van der Waals surface area (Å²) in [7, 11) is -3.73. The molecule has 0 atom stereocenters. The molecule has 0 spiro atoms. The fraction of sp³-hybridized carbons (Fsp3) is 0.476. The van der Waals surface area contributed by atoms with Crippen molar-refractivity contribution >= 4 is 33.2 Å². The van der Waals surface area contributed by atoms with E-state index in [1.807, 2.05) is 6.07 Å². The van der Waals surface area contributed by atoms with E-state index in [2.05, 4.69) is 15.0 Å². The molecule has 1 amide bonds. The lowest BCUT2D eigenvalue weighted by atomic mass is 9.79. The molecule has 0 saturated heterocycles. The number of hydrogen-bond acceptors (Lipinski definition) is 9. The normalized spacial score (nSPS) is 21.1. The lowest BCUT2D eigenvalue weighted by molar-refractivity contribution is -0.138. The summed E-state index contributed by atoms with van der Waals surface area (Å²) in [5.41, 5.74) is 7.28. The summed E-state index contributed by atoms with van der Waals surface area (Å²) in [6.07, 6.45) is 6.24. The summed E-state index contributed by atoms with van der Waals surface area (Å²) in [5, 5.41) is 8.48. The number of ether oxygens (including phenoxy) is 1. The maximum Gasteiger partial charge on any atom is 0.303 e. The zero-order valence-electron chi connectivity index (χ0n) is 18.1. The number of rotatable bonds is 5. The molecule has 176 valence electrons. The third kappa shape index (κ3) is 4.90. The van der Waals surface area contributed by atoms with Crippen LogP contribution in [0.3, 0.4) is 0 Å². The number of carboxylic acid groups (broad SMARTS) is 1. The number of nitrogen functional groups attached to an aromatic ring is 1. The molecule has 3 N–H and O–H groups in total. The number of aromatic nitrogens is 3. The number of pyridine rings is 1. The Labute approximate surface area is 190 Å². The molecule has 11 nitrogen and oxygen atoms in total. The van der Waals surface area contributed by atoms with Gasteiger partial charge in [0.15, 0.2) is 0 Å². The minimum atomic E-state index is -3.73. The summed E-state index contributed by atoms with van der Waals surface area (Å²) >= 11 is 0. The van der Waals surface area contributed by atoms with E-state index in [0.717, 1.165) is 37.6 Å². The van der Waals surface area contributed by atoms with E-state index in [-0.39, 0.29) is 48.7 Å². The second-order valence-electron chi connectivity index (χ2n) is 8.41. The van der Waals surface area contributed by atoms with Gasteiger partial charge in [0.25, 0.3) is 11.1 Å². The van der Waals surface area contributed by atoms with Crippen LogP contribution in [0.1, 0.15) is 54.1 Å². The monoisotopic (exact) mass is 475 g/mol. The molecular formula is C21H25N5O6S. The fourth-order valence-corrected chi connectivity index (χ4v) is 4.84. The van der Waals surface area contributed by atoms with E-state index >= 15 is 0 Å². The Kier molecular flexibility index (Phi) is 6.19. The van der Waals surface area contributed by atoms with Crippen molar-refractivity contribution in [3.05, 3.63) is 29.6 Å². The highest BCUT2D eigenvalue weighted by molar-refractivity contribution is 7.90. The minimum absolute atomic E-state index is 0.0827. The SMILES string of the molecule is CS(=O)(=O)c1nc(N)c2c(n1)OCCN(c1ccc([C@H]3CC[C@@H](CC(=O)O)CC3)nc1)C2=O. The van der Waals surface area contributed by atoms with Crippen LogP contribution in [0.2, 0.25) is 0 Å². The molecule has 0 aromatic carbocycles. The molecular weight excluding hydrogens is 450 g/mol. The number of sulfone groups is 1. The second-order valence-corrected chi connectivity index (χ2v) is 10.3. The van der Waals surface area contributed by atoms with Gasteiger partial charge in [-0.3, -0.25) is 14.6 Å². The fourth-order valence-electron chi connectivity index (χ4n) is 4.33. The van der Waals surface area contributed by atoms with Crippen molar-refractivity contribution in [3.8, 4) is 5.88 Å². The van der Waals surface area contributed by atoms with E-state index in [1.54, 1.807) is 12.3 Å². The van der Waals surface area contributed by atoms with Crippen molar-refractivity contribution < 1.29 is 27.9 Å². The first-order valence-corrected chi connectivity index (χ1v) is 12.5. The van der Waals surface area contributed by atoms with Gasteiger partial charge in [-0.2, -0.15) is 4.98 Å². The van der Waals surface area contributed by atoms with Gasteiger partial charge in [-0.05, 0) is 43.7 Å². The lowest BCUT2D eigenvalue weighted by Crippen LogP contribution is -2.33. The highest BCUT2D eigenvalue weighted by Crippen LogP contribution is 2.37. The number of carbonyl (C=O) groups is 2. The van der Waals surface area contributed by atoms with Crippen molar-refractivity contribution in [2.45, 2.75) is 43.2 Å². The van der Waals surface area contributed by atoms with Crippen LogP contribution in [0.5, 0.6) is 5.88 Å². The van der Waals surface area contributed by atoms with Crippen LogP contribution in [0.25, 0.3) is 0 Å². The van der Waals surface area contributed by atoms with Gasteiger partial charge in [-0.15, -0.1) is 0 Å². The van der Waals surface area contributed by atoms with E-state index < -0.39 is 26.9 Å². The average molecular weight is 476 g/mol. The van der Waals surface area contributed by atoms with Crippen molar-refractivity contribution in [2.75, 3.05) is 30.0 Å². The number of fused-ring (bicyclic) bond motifs is 1. The van der Waals surface area contributed by atoms with Crippen molar-refractivity contribution in [3.63, 3.8) is 0 Å². The van der Waals surface area contributed by atoms with Gasteiger partial charge in [-0.1, -0.05) is 0 Å². The first kappa shape index (κ1) is 22.9. The van der Waals surface area contributed by atoms with Crippen LogP contribution < -0.4 is 15.4 Å². The standard InChI is InChI=1S/C21H25N5O6S/c1-33(30,31)21-24-18(22)17-19(25-21)32-9-8-26(20(17)29)14-6-7-15(23-11-14)13-4-2-12(3-5-13)10-16(27)28/h6-7,11-13H,2-5,8-10H2,1H3,(H,27,28)(H2,22,24,25)/t12-,13+. The van der Waals surface area contributed by atoms with E-state index in [4.69, 9.17) is 15.6 Å². The number of hydrogen-bond donors (Lipinski definition) is 2. The quantitative estimate of drug-likeness (QED) is 0.607. The van der Waals surface area contributed by atoms with Crippen molar-refractivity contribution in [1.82, 2.24) is 15.0 Å². The van der Waals surface area contributed by atoms with Gasteiger partial charge in [0.1, 0.15) is 18.0 Å². The predicted molar refractivity (Wildman–Crippen MR) is 118 cm³/mol. The number of aliphatic carboxylic acids is 1. The molecule has 2 aromatic heterocycles.